The zero-order valence-electron chi connectivity index (χ0n) is 15.6. The Labute approximate surface area is 162 Å². The van der Waals surface area contributed by atoms with Gasteiger partial charge in [0.05, 0.1) is 12.8 Å². The highest BCUT2D eigenvalue weighted by Crippen LogP contribution is 2.15. The molecule has 3 amide bonds. The third-order valence-electron chi connectivity index (χ3n) is 4.71. The molecule has 1 aromatic carbocycles. The van der Waals surface area contributed by atoms with Crippen LogP contribution in [0.5, 0.6) is 0 Å². The molecule has 2 heterocycles. The molecule has 1 saturated heterocycles. The van der Waals surface area contributed by atoms with Gasteiger partial charge in [-0.2, -0.15) is 0 Å². The zero-order valence-corrected chi connectivity index (χ0v) is 15.6. The highest BCUT2D eigenvalue weighted by molar-refractivity contribution is 6.35. The highest BCUT2D eigenvalue weighted by atomic mass is 19.1. The van der Waals surface area contributed by atoms with Crippen LogP contribution in [0.3, 0.4) is 0 Å². The van der Waals surface area contributed by atoms with Crippen LogP contribution in [0.15, 0.2) is 47.1 Å². The lowest BCUT2D eigenvalue weighted by Gasteiger charge is -2.37. The topological polar surface area (TPSA) is 82.9 Å². The van der Waals surface area contributed by atoms with Gasteiger partial charge in [-0.15, -0.1) is 0 Å². The standard InChI is InChI=1S/C20H22FN3O4/c1-2-17(18(25)22-12-16-4-3-11-28-16)24-10-9-23(19(26)20(24)27)13-14-5-7-15(21)8-6-14/h3-8,11,17H,2,9-10,12-13H2,1H3,(H,22,25). The number of carbonyl (C=O) groups is 3. The third-order valence-corrected chi connectivity index (χ3v) is 4.71. The Morgan fingerprint density at radius 2 is 1.93 bits per heavy atom. The molecular formula is C20H22FN3O4. The van der Waals surface area contributed by atoms with E-state index in [1.54, 1.807) is 31.2 Å². The van der Waals surface area contributed by atoms with Crippen molar-refractivity contribution in [3.8, 4) is 0 Å². The van der Waals surface area contributed by atoms with Crippen molar-refractivity contribution in [3.05, 3.63) is 59.8 Å². The second-order valence-electron chi connectivity index (χ2n) is 6.57. The van der Waals surface area contributed by atoms with E-state index in [9.17, 15) is 18.8 Å². The van der Waals surface area contributed by atoms with E-state index in [1.807, 2.05) is 0 Å². The number of nitrogens with one attached hydrogen (secondary N) is 1. The number of hydrogen-bond donors (Lipinski definition) is 1. The minimum atomic E-state index is -0.723. The van der Waals surface area contributed by atoms with Crippen molar-refractivity contribution in [1.29, 1.82) is 0 Å². The molecule has 0 aliphatic carbocycles. The van der Waals surface area contributed by atoms with Crippen LogP contribution in [0.1, 0.15) is 24.7 Å². The molecule has 1 aliphatic heterocycles. The zero-order chi connectivity index (χ0) is 20.1. The van der Waals surface area contributed by atoms with Gasteiger partial charge >= 0.3 is 11.8 Å². The largest absolute Gasteiger partial charge is 0.467 e. The predicted molar refractivity (Wildman–Crippen MR) is 98.2 cm³/mol. The maximum absolute atomic E-state index is 13.0. The molecule has 2 aromatic rings. The molecule has 1 N–H and O–H groups in total. The minimum absolute atomic E-state index is 0.217. The van der Waals surface area contributed by atoms with Gasteiger partial charge in [0.15, 0.2) is 0 Å². The third kappa shape index (κ3) is 4.39. The summed E-state index contributed by atoms with van der Waals surface area (Å²) in [6.07, 6.45) is 1.91. The molecule has 1 aliphatic rings. The van der Waals surface area contributed by atoms with Crippen LogP contribution in [0, 0.1) is 5.82 Å². The smallest absolute Gasteiger partial charge is 0.312 e. The fourth-order valence-electron chi connectivity index (χ4n) is 3.20. The Kier molecular flexibility index (Phi) is 6.08. The summed E-state index contributed by atoms with van der Waals surface area (Å²) in [5.41, 5.74) is 0.735. The first-order chi connectivity index (χ1) is 13.5. The number of furan rings is 1. The fourth-order valence-corrected chi connectivity index (χ4v) is 3.20. The van der Waals surface area contributed by atoms with Crippen LogP contribution in [0.4, 0.5) is 4.39 Å². The molecule has 0 radical (unpaired) electrons. The van der Waals surface area contributed by atoms with E-state index in [1.165, 1.54) is 28.2 Å². The van der Waals surface area contributed by atoms with Crippen LogP contribution in [-0.4, -0.2) is 46.7 Å². The van der Waals surface area contributed by atoms with Crippen molar-refractivity contribution < 1.29 is 23.2 Å². The van der Waals surface area contributed by atoms with Gasteiger partial charge in [-0.1, -0.05) is 19.1 Å². The number of halogens is 1. The second kappa shape index (κ2) is 8.69. The van der Waals surface area contributed by atoms with Crippen LogP contribution in [0.25, 0.3) is 0 Å². The van der Waals surface area contributed by atoms with Gasteiger partial charge < -0.3 is 19.5 Å². The Hall–Kier alpha value is -3.16. The fraction of sp³-hybridized carbons (Fsp3) is 0.350. The monoisotopic (exact) mass is 387 g/mol. The molecule has 1 atom stereocenters. The van der Waals surface area contributed by atoms with Gasteiger partial charge in [0, 0.05) is 19.6 Å². The summed E-state index contributed by atoms with van der Waals surface area (Å²) in [5, 5.41) is 2.74. The average molecular weight is 387 g/mol. The summed E-state index contributed by atoms with van der Waals surface area (Å²) < 4.78 is 18.2. The molecular weight excluding hydrogens is 365 g/mol. The molecule has 0 bridgehead atoms. The lowest BCUT2D eigenvalue weighted by molar-refractivity contribution is -0.159. The van der Waals surface area contributed by atoms with Gasteiger partial charge in [-0.25, -0.2) is 4.39 Å². The number of benzene rings is 1. The van der Waals surface area contributed by atoms with Crippen LogP contribution >= 0.6 is 0 Å². The lowest BCUT2D eigenvalue weighted by Crippen LogP contribution is -2.59. The molecule has 148 valence electrons. The van der Waals surface area contributed by atoms with Gasteiger partial charge in [0.25, 0.3) is 0 Å². The van der Waals surface area contributed by atoms with E-state index in [-0.39, 0.29) is 31.4 Å². The van der Waals surface area contributed by atoms with Crippen molar-refractivity contribution in [1.82, 2.24) is 15.1 Å². The maximum Gasteiger partial charge on any atom is 0.312 e. The normalized spacial score (nSPS) is 15.6. The molecule has 1 fully saturated rings. The van der Waals surface area contributed by atoms with E-state index in [0.29, 0.717) is 18.7 Å². The average Bonchev–Trinajstić information content (AvgIpc) is 3.21. The first-order valence-corrected chi connectivity index (χ1v) is 9.14. The molecule has 0 spiro atoms. The van der Waals surface area contributed by atoms with E-state index < -0.39 is 17.9 Å². The van der Waals surface area contributed by atoms with E-state index in [2.05, 4.69) is 5.32 Å². The van der Waals surface area contributed by atoms with Crippen LogP contribution in [0.2, 0.25) is 0 Å². The van der Waals surface area contributed by atoms with Crippen molar-refractivity contribution in [2.24, 2.45) is 0 Å². The van der Waals surface area contributed by atoms with Gasteiger partial charge in [0.1, 0.15) is 17.6 Å². The Balaban J connectivity index is 1.61. The number of piperazine rings is 1. The Morgan fingerprint density at radius 1 is 1.18 bits per heavy atom. The van der Waals surface area contributed by atoms with Gasteiger partial charge in [-0.3, -0.25) is 14.4 Å². The summed E-state index contributed by atoms with van der Waals surface area (Å²) in [6.45, 7) is 2.80. The van der Waals surface area contributed by atoms with Gasteiger partial charge in [-0.05, 0) is 36.2 Å². The number of hydrogen-bond acceptors (Lipinski definition) is 4. The highest BCUT2D eigenvalue weighted by Gasteiger charge is 2.38. The molecule has 8 heteroatoms. The molecule has 0 saturated carbocycles. The first kappa shape index (κ1) is 19.6. The van der Waals surface area contributed by atoms with E-state index in [0.717, 1.165) is 5.56 Å². The second-order valence-corrected chi connectivity index (χ2v) is 6.57. The summed E-state index contributed by atoms with van der Waals surface area (Å²) in [7, 11) is 0. The van der Waals surface area contributed by atoms with Crippen molar-refractivity contribution in [3.63, 3.8) is 0 Å². The quantitative estimate of drug-likeness (QED) is 0.733. The predicted octanol–water partition coefficient (Wildman–Crippen LogP) is 1.68. The molecule has 3 rings (SSSR count). The maximum atomic E-state index is 13.0. The minimum Gasteiger partial charge on any atom is -0.467 e. The SMILES string of the molecule is CCC(C(=O)NCc1ccco1)N1CCN(Cc2ccc(F)cc2)C(=O)C1=O. The Morgan fingerprint density at radius 3 is 2.57 bits per heavy atom. The van der Waals surface area contributed by atoms with Crippen molar-refractivity contribution >= 4 is 17.7 Å². The first-order valence-electron chi connectivity index (χ1n) is 9.14. The Bertz CT molecular complexity index is 836. The van der Waals surface area contributed by atoms with E-state index in [4.69, 9.17) is 4.42 Å². The summed E-state index contributed by atoms with van der Waals surface area (Å²) >= 11 is 0. The molecule has 28 heavy (non-hydrogen) atoms. The van der Waals surface area contributed by atoms with Crippen LogP contribution < -0.4 is 5.32 Å². The number of carbonyl (C=O) groups excluding carboxylic acids is 3. The summed E-state index contributed by atoms with van der Waals surface area (Å²) in [6, 6.07) is 8.53. The molecule has 1 aromatic heterocycles. The summed E-state index contributed by atoms with van der Waals surface area (Å²) in [4.78, 5) is 40.4. The lowest BCUT2D eigenvalue weighted by atomic mass is 10.1. The van der Waals surface area contributed by atoms with Crippen LogP contribution in [-0.2, 0) is 27.5 Å². The molecule has 7 nitrogen and oxygen atoms in total. The van der Waals surface area contributed by atoms with Crippen molar-refractivity contribution in [2.45, 2.75) is 32.5 Å². The van der Waals surface area contributed by atoms with Gasteiger partial charge in [0.2, 0.25) is 5.91 Å². The van der Waals surface area contributed by atoms with E-state index >= 15 is 0 Å². The number of amides is 3. The van der Waals surface area contributed by atoms with Crippen molar-refractivity contribution in [2.75, 3.05) is 13.1 Å². The number of nitrogens with zero attached hydrogens (tertiary/aromatic N) is 2. The number of rotatable bonds is 7. The molecule has 1 unspecified atom stereocenters. The summed E-state index contributed by atoms with van der Waals surface area (Å²) in [5.74, 6) is -1.44.